The lowest BCUT2D eigenvalue weighted by Crippen LogP contribution is -2.49. The number of fused-ring (bicyclic) bond motifs is 1. The van der Waals surface area contributed by atoms with Crippen LogP contribution in [-0.4, -0.2) is 68.7 Å². The maximum absolute atomic E-state index is 12.7. The summed E-state index contributed by atoms with van der Waals surface area (Å²) in [7, 11) is -0.683. The largest absolute Gasteiger partial charge is 0.486 e. The summed E-state index contributed by atoms with van der Waals surface area (Å²) in [5.41, 5.74) is 0. The SMILES string of the molecule is CCN(CC1COc2ccccc2O1)S(=O)(=O)C(C)C(=O)N(C)C. The minimum Gasteiger partial charge on any atom is -0.486 e. The Morgan fingerprint density at radius 3 is 2.50 bits per heavy atom. The number of benzene rings is 1. The van der Waals surface area contributed by atoms with E-state index in [-0.39, 0.29) is 19.7 Å². The van der Waals surface area contributed by atoms with E-state index < -0.39 is 27.3 Å². The minimum absolute atomic E-state index is 0.137. The van der Waals surface area contributed by atoms with Gasteiger partial charge in [-0.15, -0.1) is 0 Å². The van der Waals surface area contributed by atoms with E-state index in [0.717, 1.165) is 0 Å². The van der Waals surface area contributed by atoms with E-state index >= 15 is 0 Å². The van der Waals surface area contributed by atoms with Gasteiger partial charge < -0.3 is 14.4 Å². The second-order valence-corrected chi connectivity index (χ2v) is 8.12. The van der Waals surface area contributed by atoms with Gasteiger partial charge in [-0.1, -0.05) is 19.1 Å². The molecule has 2 unspecified atom stereocenters. The van der Waals surface area contributed by atoms with E-state index in [0.29, 0.717) is 11.5 Å². The Morgan fingerprint density at radius 2 is 1.92 bits per heavy atom. The summed E-state index contributed by atoms with van der Waals surface area (Å²) in [6.07, 6.45) is -0.420. The summed E-state index contributed by atoms with van der Waals surface area (Å²) >= 11 is 0. The molecule has 0 radical (unpaired) electrons. The highest BCUT2D eigenvalue weighted by atomic mass is 32.2. The summed E-state index contributed by atoms with van der Waals surface area (Å²) in [6.45, 7) is 3.81. The molecule has 0 N–H and O–H groups in total. The van der Waals surface area contributed by atoms with Crippen molar-refractivity contribution in [1.29, 1.82) is 0 Å². The Bertz CT molecular complexity index is 689. The third kappa shape index (κ3) is 3.81. The van der Waals surface area contributed by atoms with Crippen LogP contribution >= 0.6 is 0 Å². The molecule has 8 heteroatoms. The fourth-order valence-corrected chi connectivity index (χ4v) is 4.15. The van der Waals surface area contributed by atoms with Crippen LogP contribution in [0.5, 0.6) is 11.5 Å². The van der Waals surface area contributed by atoms with Crippen LogP contribution in [0.25, 0.3) is 0 Å². The van der Waals surface area contributed by atoms with Gasteiger partial charge in [0.2, 0.25) is 15.9 Å². The van der Waals surface area contributed by atoms with Crippen LogP contribution in [0.2, 0.25) is 0 Å². The molecule has 0 bridgehead atoms. The zero-order chi connectivity index (χ0) is 17.9. The predicted octanol–water partition coefficient (Wildman–Crippen LogP) is 0.955. The smallest absolute Gasteiger partial charge is 0.241 e. The molecule has 1 aliphatic rings. The molecule has 0 aromatic heterocycles. The van der Waals surface area contributed by atoms with Crippen molar-refractivity contribution in [2.75, 3.05) is 33.8 Å². The molecule has 0 saturated carbocycles. The number of nitrogens with zero attached hydrogens (tertiary/aromatic N) is 2. The van der Waals surface area contributed by atoms with Crippen LogP contribution in [0.1, 0.15) is 13.8 Å². The number of carbonyl (C=O) groups is 1. The van der Waals surface area contributed by atoms with Crippen molar-refractivity contribution in [3.63, 3.8) is 0 Å². The number of carbonyl (C=O) groups excluding carboxylic acids is 1. The molecule has 0 fully saturated rings. The van der Waals surface area contributed by atoms with Crippen LogP contribution in [0.4, 0.5) is 0 Å². The molecule has 1 aliphatic heterocycles. The monoisotopic (exact) mass is 356 g/mol. The number of ether oxygens (including phenoxy) is 2. The topological polar surface area (TPSA) is 76.1 Å². The normalized spacial score (nSPS) is 18.3. The second kappa shape index (κ2) is 7.40. The number of rotatable bonds is 6. The van der Waals surface area contributed by atoms with Gasteiger partial charge in [-0.2, -0.15) is 4.31 Å². The summed E-state index contributed by atoms with van der Waals surface area (Å²) in [6, 6.07) is 7.26. The van der Waals surface area contributed by atoms with Gasteiger partial charge in [0.1, 0.15) is 12.7 Å². The molecule has 2 atom stereocenters. The molecular weight excluding hydrogens is 332 g/mol. The van der Waals surface area contributed by atoms with Gasteiger partial charge in [0.25, 0.3) is 0 Å². The van der Waals surface area contributed by atoms with Crippen molar-refractivity contribution in [2.45, 2.75) is 25.2 Å². The molecule has 1 heterocycles. The zero-order valence-corrected chi connectivity index (χ0v) is 15.2. The predicted molar refractivity (Wildman–Crippen MR) is 90.7 cm³/mol. The highest BCUT2D eigenvalue weighted by Gasteiger charge is 2.36. The average Bonchev–Trinajstić information content (AvgIpc) is 2.57. The summed E-state index contributed by atoms with van der Waals surface area (Å²) in [5, 5.41) is -1.13. The third-order valence-corrected chi connectivity index (χ3v) is 6.14. The van der Waals surface area contributed by atoms with Crippen molar-refractivity contribution >= 4 is 15.9 Å². The van der Waals surface area contributed by atoms with Crippen LogP contribution < -0.4 is 9.47 Å². The molecule has 0 saturated heterocycles. The van der Waals surface area contributed by atoms with Crippen molar-refractivity contribution < 1.29 is 22.7 Å². The second-order valence-electron chi connectivity index (χ2n) is 5.87. The van der Waals surface area contributed by atoms with Crippen molar-refractivity contribution in [1.82, 2.24) is 9.21 Å². The summed E-state index contributed by atoms with van der Waals surface area (Å²) in [4.78, 5) is 13.3. The van der Waals surface area contributed by atoms with Gasteiger partial charge >= 0.3 is 0 Å². The number of hydrogen-bond donors (Lipinski definition) is 0. The number of sulfonamides is 1. The summed E-state index contributed by atoms with van der Waals surface area (Å²) in [5.74, 6) is 0.801. The maximum Gasteiger partial charge on any atom is 0.241 e. The fraction of sp³-hybridized carbons (Fsp3) is 0.562. The molecule has 1 aromatic rings. The van der Waals surface area contributed by atoms with E-state index in [1.165, 1.54) is 16.1 Å². The highest BCUT2D eigenvalue weighted by Crippen LogP contribution is 2.31. The third-order valence-electron chi connectivity index (χ3n) is 3.92. The van der Waals surface area contributed by atoms with Gasteiger partial charge in [-0.25, -0.2) is 8.42 Å². The first kappa shape index (κ1) is 18.5. The van der Waals surface area contributed by atoms with Gasteiger partial charge in [-0.3, -0.25) is 4.79 Å². The lowest BCUT2D eigenvalue weighted by molar-refractivity contribution is -0.128. The first-order valence-corrected chi connectivity index (χ1v) is 9.36. The Morgan fingerprint density at radius 1 is 1.29 bits per heavy atom. The zero-order valence-electron chi connectivity index (χ0n) is 14.4. The van der Waals surface area contributed by atoms with E-state index in [1.54, 1.807) is 33.2 Å². The minimum atomic E-state index is -3.77. The van der Waals surface area contributed by atoms with Crippen molar-refractivity contribution in [3.05, 3.63) is 24.3 Å². The first-order chi connectivity index (χ1) is 11.3. The Kier molecular flexibility index (Phi) is 5.71. The van der Waals surface area contributed by atoms with Crippen molar-refractivity contribution in [2.24, 2.45) is 0 Å². The standard InChI is InChI=1S/C16H24N2O5S/c1-5-18(24(20,21)12(2)16(19)17(3)4)10-13-11-22-14-8-6-7-9-15(14)23-13/h6-9,12-13H,5,10-11H2,1-4H3. The van der Waals surface area contributed by atoms with Crippen LogP contribution in [0.15, 0.2) is 24.3 Å². The first-order valence-electron chi connectivity index (χ1n) is 7.86. The lowest BCUT2D eigenvalue weighted by Gasteiger charge is -2.31. The van der Waals surface area contributed by atoms with Crippen LogP contribution in [0, 0.1) is 0 Å². The molecule has 1 amide bonds. The Labute approximate surface area is 143 Å². The fourth-order valence-electron chi connectivity index (χ4n) is 2.51. The molecule has 1 aromatic carbocycles. The molecule has 0 aliphatic carbocycles. The van der Waals surface area contributed by atoms with E-state index in [2.05, 4.69) is 0 Å². The van der Waals surface area contributed by atoms with Crippen LogP contribution in [0.3, 0.4) is 0 Å². The molecule has 24 heavy (non-hydrogen) atoms. The van der Waals surface area contributed by atoms with Gasteiger partial charge in [0.05, 0.1) is 6.54 Å². The molecular formula is C16H24N2O5S. The molecule has 2 rings (SSSR count). The molecule has 134 valence electrons. The molecule has 0 spiro atoms. The number of para-hydroxylation sites is 2. The van der Waals surface area contributed by atoms with Gasteiger partial charge in [0, 0.05) is 20.6 Å². The summed E-state index contributed by atoms with van der Waals surface area (Å²) < 4.78 is 38.1. The van der Waals surface area contributed by atoms with E-state index in [9.17, 15) is 13.2 Å². The number of likely N-dealkylation sites (N-methyl/N-ethyl adjacent to an activating group) is 1. The van der Waals surface area contributed by atoms with E-state index in [1.807, 2.05) is 12.1 Å². The van der Waals surface area contributed by atoms with Crippen molar-refractivity contribution in [3.8, 4) is 11.5 Å². The molecule has 7 nitrogen and oxygen atoms in total. The average molecular weight is 356 g/mol. The Balaban J connectivity index is 2.11. The van der Waals surface area contributed by atoms with E-state index in [4.69, 9.17) is 9.47 Å². The van der Waals surface area contributed by atoms with Crippen LogP contribution in [-0.2, 0) is 14.8 Å². The quantitative estimate of drug-likeness (QED) is 0.759. The number of hydrogen-bond acceptors (Lipinski definition) is 5. The Hall–Kier alpha value is -1.80. The van der Waals surface area contributed by atoms with Gasteiger partial charge in [0.15, 0.2) is 16.7 Å². The highest BCUT2D eigenvalue weighted by molar-refractivity contribution is 7.90. The van der Waals surface area contributed by atoms with Gasteiger partial charge in [-0.05, 0) is 19.1 Å². The number of amides is 1. The maximum atomic E-state index is 12.7. The lowest BCUT2D eigenvalue weighted by atomic mass is 10.2.